The van der Waals surface area contributed by atoms with Crippen LogP contribution in [0.5, 0.6) is 0 Å². The van der Waals surface area contributed by atoms with Crippen LogP contribution < -0.4 is 15.1 Å². The fourth-order valence-corrected chi connectivity index (χ4v) is 4.62. The number of carbonyl (C=O) groups excluding carboxylic acids is 3. The van der Waals surface area contributed by atoms with Gasteiger partial charge in [0.25, 0.3) is 11.8 Å². The fourth-order valence-electron chi connectivity index (χ4n) is 4.62. The van der Waals surface area contributed by atoms with Crippen LogP contribution in [0, 0.1) is 0 Å². The summed E-state index contributed by atoms with van der Waals surface area (Å²) in [7, 11) is 2.09. The zero-order valence-corrected chi connectivity index (χ0v) is 19.2. The predicted octanol–water partition coefficient (Wildman–Crippen LogP) is 4.64. The molecule has 0 bridgehead atoms. The maximum Gasteiger partial charge on any atom is 0.335 e. The molecule has 0 aliphatic carbocycles. The second-order valence-corrected chi connectivity index (χ2v) is 9.27. The second kappa shape index (κ2) is 7.93. The molecule has 0 aromatic heterocycles. The number of carbonyl (C=O) groups is 3. The maximum atomic E-state index is 13.2. The lowest BCUT2D eigenvalue weighted by molar-refractivity contribution is -0.122. The van der Waals surface area contributed by atoms with Crippen LogP contribution in [-0.2, 0) is 16.0 Å². The van der Waals surface area contributed by atoms with Crippen LogP contribution in [-0.4, -0.2) is 30.4 Å². The lowest BCUT2D eigenvalue weighted by Crippen LogP contribution is -2.54. The molecule has 4 amide bonds. The van der Waals surface area contributed by atoms with E-state index in [0.29, 0.717) is 11.6 Å². The second-order valence-electron chi connectivity index (χ2n) is 9.27. The third-order valence-corrected chi connectivity index (χ3v) is 6.67. The summed E-state index contributed by atoms with van der Waals surface area (Å²) in [4.78, 5) is 41.4. The van der Waals surface area contributed by atoms with Gasteiger partial charge < -0.3 is 4.90 Å². The van der Waals surface area contributed by atoms with Gasteiger partial charge in [-0.3, -0.25) is 14.9 Å². The number of hydrogen-bond acceptors (Lipinski definition) is 4. The molecule has 1 saturated heterocycles. The van der Waals surface area contributed by atoms with Gasteiger partial charge in [-0.15, -0.1) is 0 Å². The fraction of sp³-hybridized carbons (Fsp3) is 0.346. The molecule has 6 nitrogen and oxygen atoms in total. The van der Waals surface area contributed by atoms with Crippen LogP contribution in [0.15, 0.2) is 48.0 Å². The molecule has 2 aromatic carbocycles. The van der Waals surface area contributed by atoms with Crippen molar-refractivity contribution in [1.29, 1.82) is 0 Å². The standard InChI is InChI=1S/C26H29N3O3/c1-6-17-7-10-19(11-8-17)29-24(31)21(23(30)27-25(29)32)14-18-9-12-22-20(13-18)16(2)15-26(3,4)28(22)5/h7-14,16H,6,15H2,1-5H3,(H,27,30,32)/b21-14+/t16-/m1/s1. The van der Waals surface area contributed by atoms with Crippen molar-refractivity contribution in [3.63, 3.8) is 0 Å². The highest BCUT2D eigenvalue weighted by Crippen LogP contribution is 2.42. The molecule has 0 radical (unpaired) electrons. The van der Waals surface area contributed by atoms with Gasteiger partial charge in [0, 0.05) is 18.3 Å². The Morgan fingerprint density at radius 2 is 1.78 bits per heavy atom. The quantitative estimate of drug-likeness (QED) is 0.568. The number of urea groups is 1. The molecule has 0 unspecified atom stereocenters. The van der Waals surface area contributed by atoms with Gasteiger partial charge in [-0.05, 0) is 79.6 Å². The molecule has 0 spiro atoms. The topological polar surface area (TPSA) is 69.7 Å². The van der Waals surface area contributed by atoms with Gasteiger partial charge in [-0.2, -0.15) is 0 Å². The smallest absolute Gasteiger partial charge is 0.335 e. The number of rotatable bonds is 3. The number of fused-ring (bicyclic) bond motifs is 1. The highest BCUT2D eigenvalue weighted by atomic mass is 16.2. The Balaban J connectivity index is 1.70. The summed E-state index contributed by atoms with van der Waals surface area (Å²) in [6.07, 6.45) is 3.43. The third-order valence-electron chi connectivity index (χ3n) is 6.67. The Morgan fingerprint density at radius 1 is 1.09 bits per heavy atom. The molecule has 1 fully saturated rings. The lowest BCUT2D eigenvalue weighted by Gasteiger charge is -2.45. The van der Waals surface area contributed by atoms with E-state index in [1.807, 2.05) is 37.3 Å². The SMILES string of the molecule is CCc1ccc(N2C(=O)NC(=O)/C(=C\c3ccc4c(c3)[C@H](C)CC(C)(C)N4C)C2=O)cc1. The van der Waals surface area contributed by atoms with Gasteiger partial charge in [-0.25, -0.2) is 9.69 Å². The van der Waals surface area contributed by atoms with Crippen LogP contribution in [0.3, 0.4) is 0 Å². The van der Waals surface area contributed by atoms with E-state index in [2.05, 4.69) is 38.0 Å². The summed E-state index contributed by atoms with van der Waals surface area (Å²) >= 11 is 0. The molecule has 166 valence electrons. The number of hydrogen-bond donors (Lipinski definition) is 1. The van der Waals surface area contributed by atoms with E-state index in [4.69, 9.17) is 0 Å². The van der Waals surface area contributed by atoms with Crippen LogP contribution in [0.2, 0.25) is 0 Å². The van der Waals surface area contributed by atoms with Crippen molar-refractivity contribution in [2.24, 2.45) is 0 Å². The first kappa shape index (κ1) is 21.8. The van der Waals surface area contributed by atoms with Crippen LogP contribution in [0.4, 0.5) is 16.2 Å². The van der Waals surface area contributed by atoms with Crippen LogP contribution in [0.1, 0.15) is 56.7 Å². The number of benzene rings is 2. The minimum atomic E-state index is -0.732. The monoisotopic (exact) mass is 431 g/mol. The molecule has 0 saturated carbocycles. The number of aryl methyl sites for hydroxylation is 1. The molecule has 32 heavy (non-hydrogen) atoms. The molecule has 2 aromatic rings. The first-order chi connectivity index (χ1) is 15.1. The largest absolute Gasteiger partial charge is 0.369 e. The molecular formula is C26H29N3O3. The van der Waals surface area contributed by atoms with Gasteiger partial charge in [0.2, 0.25) is 0 Å². The summed E-state index contributed by atoms with van der Waals surface area (Å²) in [5, 5.41) is 2.30. The van der Waals surface area contributed by atoms with E-state index in [1.54, 1.807) is 18.2 Å². The van der Waals surface area contributed by atoms with Crippen molar-refractivity contribution in [3.8, 4) is 0 Å². The Morgan fingerprint density at radius 3 is 2.44 bits per heavy atom. The molecule has 4 rings (SSSR count). The van der Waals surface area contributed by atoms with Crippen molar-refractivity contribution >= 4 is 35.3 Å². The molecule has 1 N–H and O–H groups in total. The maximum absolute atomic E-state index is 13.2. The van der Waals surface area contributed by atoms with Gasteiger partial charge in [0.05, 0.1) is 5.69 Å². The molecular weight excluding hydrogens is 402 g/mol. The highest BCUT2D eigenvalue weighted by molar-refractivity contribution is 6.39. The summed E-state index contributed by atoms with van der Waals surface area (Å²) < 4.78 is 0. The molecule has 2 aliphatic heterocycles. The third kappa shape index (κ3) is 3.70. The Kier molecular flexibility index (Phi) is 5.41. The van der Waals surface area contributed by atoms with Crippen LogP contribution in [0.25, 0.3) is 6.08 Å². The van der Waals surface area contributed by atoms with E-state index in [1.165, 1.54) is 5.56 Å². The summed E-state index contributed by atoms with van der Waals surface area (Å²) in [6, 6.07) is 12.5. The normalized spacial score (nSPS) is 21.6. The van der Waals surface area contributed by atoms with Crippen molar-refractivity contribution in [3.05, 3.63) is 64.7 Å². The van der Waals surface area contributed by atoms with Crippen molar-refractivity contribution in [2.45, 2.75) is 52.0 Å². The molecule has 2 aliphatic rings. The minimum Gasteiger partial charge on any atom is -0.369 e. The zero-order valence-electron chi connectivity index (χ0n) is 19.2. The molecule has 2 heterocycles. The van der Waals surface area contributed by atoms with Gasteiger partial charge in [0.1, 0.15) is 5.57 Å². The first-order valence-corrected chi connectivity index (χ1v) is 11.0. The summed E-state index contributed by atoms with van der Waals surface area (Å²) in [5.74, 6) is -0.946. The van der Waals surface area contributed by atoms with E-state index in [9.17, 15) is 14.4 Å². The number of amides is 4. The predicted molar refractivity (Wildman–Crippen MR) is 127 cm³/mol. The van der Waals surface area contributed by atoms with Gasteiger partial charge in [-0.1, -0.05) is 32.0 Å². The molecule has 6 heteroatoms. The highest BCUT2D eigenvalue weighted by Gasteiger charge is 2.37. The van der Waals surface area contributed by atoms with Crippen molar-refractivity contribution in [2.75, 3.05) is 16.8 Å². The average molecular weight is 432 g/mol. The lowest BCUT2D eigenvalue weighted by atomic mass is 9.80. The Labute approximate surface area is 188 Å². The zero-order chi connectivity index (χ0) is 23.2. The van der Waals surface area contributed by atoms with E-state index in [-0.39, 0.29) is 11.1 Å². The van der Waals surface area contributed by atoms with E-state index in [0.717, 1.165) is 34.6 Å². The van der Waals surface area contributed by atoms with Gasteiger partial charge in [0.15, 0.2) is 0 Å². The number of imide groups is 2. The summed E-state index contributed by atoms with van der Waals surface area (Å²) in [6.45, 7) is 8.69. The number of barbiturate groups is 1. The number of nitrogens with one attached hydrogen (secondary N) is 1. The van der Waals surface area contributed by atoms with Crippen molar-refractivity contribution in [1.82, 2.24) is 5.32 Å². The summed E-state index contributed by atoms with van der Waals surface area (Å²) in [5.41, 5.74) is 4.64. The first-order valence-electron chi connectivity index (χ1n) is 11.0. The number of anilines is 2. The van der Waals surface area contributed by atoms with E-state index < -0.39 is 17.8 Å². The van der Waals surface area contributed by atoms with Gasteiger partial charge >= 0.3 is 6.03 Å². The number of nitrogens with zero attached hydrogens (tertiary/aromatic N) is 2. The Bertz CT molecular complexity index is 1130. The average Bonchev–Trinajstić information content (AvgIpc) is 2.75. The van der Waals surface area contributed by atoms with Crippen LogP contribution >= 0.6 is 0 Å². The van der Waals surface area contributed by atoms with E-state index >= 15 is 0 Å². The minimum absolute atomic E-state index is 0.0544. The van der Waals surface area contributed by atoms with Crippen molar-refractivity contribution < 1.29 is 14.4 Å². The molecule has 1 atom stereocenters. The Hall–Kier alpha value is -3.41.